The third kappa shape index (κ3) is 6.49. The van der Waals surface area contributed by atoms with Crippen LogP contribution in [0, 0.1) is 22.7 Å². The first kappa shape index (κ1) is 21.1. The van der Waals surface area contributed by atoms with Crippen LogP contribution in [-0.2, 0) is 20.5 Å². The lowest BCUT2D eigenvalue weighted by atomic mass is 10.2. The SMILES string of the molecule is COC(=O)CC(=O)CSC(Nc1cccc(C(F)(F)F)c1)=C(C#N)C#N. The molecule has 0 spiro atoms. The predicted molar refractivity (Wildman–Crippen MR) is 87.4 cm³/mol. The lowest BCUT2D eigenvalue weighted by Gasteiger charge is -2.13. The summed E-state index contributed by atoms with van der Waals surface area (Å²) in [6, 6.07) is 7.37. The van der Waals surface area contributed by atoms with Gasteiger partial charge in [-0.05, 0) is 18.2 Å². The van der Waals surface area contributed by atoms with Gasteiger partial charge in [0.2, 0.25) is 0 Å². The van der Waals surface area contributed by atoms with Gasteiger partial charge in [0.25, 0.3) is 0 Å². The minimum Gasteiger partial charge on any atom is -0.469 e. The third-order valence-electron chi connectivity index (χ3n) is 2.85. The topological polar surface area (TPSA) is 103 Å². The molecule has 0 saturated heterocycles. The molecule has 0 aliphatic carbocycles. The lowest BCUT2D eigenvalue weighted by molar-refractivity contribution is -0.143. The van der Waals surface area contributed by atoms with Crippen LogP contribution in [0.3, 0.4) is 0 Å². The number of Topliss-reactive ketones (excluding diaryl/α,β-unsaturated/α-hetero) is 1. The van der Waals surface area contributed by atoms with Gasteiger partial charge in [0.1, 0.15) is 23.6 Å². The largest absolute Gasteiger partial charge is 0.469 e. The molecule has 1 aromatic rings. The van der Waals surface area contributed by atoms with Crippen molar-refractivity contribution in [2.24, 2.45) is 0 Å². The molecule has 136 valence electrons. The van der Waals surface area contributed by atoms with E-state index in [2.05, 4.69) is 10.1 Å². The van der Waals surface area contributed by atoms with Crippen LogP contribution in [0.5, 0.6) is 0 Å². The van der Waals surface area contributed by atoms with Gasteiger partial charge in [-0.3, -0.25) is 9.59 Å². The fourth-order valence-electron chi connectivity index (χ4n) is 1.64. The molecule has 6 nitrogen and oxygen atoms in total. The monoisotopic (exact) mass is 383 g/mol. The van der Waals surface area contributed by atoms with Crippen LogP contribution in [0.4, 0.5) is 18.9 Å². The van der Waals surface area contributed by atoms with E-state index in [-0.39, 0.29) is 16.5 Å². The van der Waals surface area contributed by atoms with Crippen molar-refractivity contribution in [3.05, 3.63) is 40.4 Å². The highest BCUT2D eigenvalue weighted by Gasteiger charge is 2.30. The van der Waals surface area contributed by atoms with Crippen LogP contribution in [0.1, 0.15) is 12.0 Å². The lowest BCUT2D eigenvalue weighted by Crippen LogP contribution is -2.12. The van der Waals surface area contributed by atoms with Crippen molar-refractivity contribution in [3.8, 4) is 12.1 Å². The van der Waals surface area contributed by atoms with Crippen molar-refractivity contribution in [2.45, 2.75) is 12.6 Å². The molecule has 1 aromatic carbocycles. The Morgan fingerprint density at radius 2 is 1.92 bits per heavy atom. The van der Waals surface area contributed by atoms with E-state index in [0.717, 1.165) is 37.1 Å². The summed E-state index contributed by atoms with van der Waals surface area (Å²) in [7, 11) is 1.12. The summed E-state index contributed by atoms with van der Waals surface area (Å²) in [4.78, 5) is 22.7. The molecule has 0 unspecified atom stereocenters. The number of hydrogen-bond acceptors (Lipinski definition) is 7. The van der Waals surface area contributed by atoms with Gasteiger partial charge in [0, 0.05) is 5.69 Å². The Bertz CT molecular complexity index is 791. The second-order valence-electron chi connectivity index (χ2n) is 4.71. The quantitative estimate of drug-likeness (QED) is 0.438. The fraction of sp³-hybridized carbons (Fsp3) is 0.250. The number of esters is 1. The molecule has 0 aromatic heterocycles. The van der Waals surface area contributed by atoms with Gasteiger partial charge in [0.15, 0.2) is 11.4 Å². The number of rotatable bonds is 7. The van der Waals surface area contributed by atoms with Crippen molar-refractivity contribution >= 4 is 29.2 Å². The molecular formula is C16H12F3N3O3S. The number of carbonyl (C=O) groups excluding carboxylic acids is 2. The highest BCUT2D eigenvalue weighted by Crippen LogP contribution is 2.32. The highest BCUT2D eigenvalue weighted by atomic mass is 32.2. The van der Waals surface area contributed by atoms with E-state index in [4.69, 9.17) is 10.5 Å². The summed E-state index contributed by atoms with van der Waals surface area (Å²) in [5, 5.41) is 20.4. The van der Waals surface area contributed by atoms with E-state index in [0.29, 0.717) is 0 Å². The van der Waals surface area contributed by atoms with Gasteiger partial charge < -0.3 is 10.1 Å². The Morgan fingerprint density at radius 3 is 2.46 bits per heavy atom. The number of nitrogens with one attached hydrogen (secondary N) is 1. The van der Waals surface area contributed by atoms with E-state index in [9.17, 15) is 22.8 Å². The number of ether oxygens (including phenoxy) is 1. The zero-order chi connectivity index (χ0) is 19.7. The Morgan fingerprint density at radius 1 is 1.27 bits per heavy atom. The van der Waals surface area contributed by atoms with Gasteiger partial charge in [-0.2, -0.15) is 23.7 Å². The molecule has 0 aliphatic heterocycles. The maximum Gasteiger partial charge on any atom is 0.416 e. The van der Waals surface area contributed by atoms with Gasteiger partial charge in [0.05, 0.1) is 18.4 Å². The smallest absolute Gasteiger partial charge is 0.416 e. The molecule has 26 heavy (non-hydrogen) atoms. The second-order valence-corrected chi connectivity index (χ2v) is 5.70. The van der Waals surface area contributed by atoms with E-state index in [1.807, 2.05) is 0 Å². The van der Waals surface area contributed by atoms with Gasteiger partial charge in [-0.1, -0.05) is 17.8 Å². The Kier molecular flexibility index (Phi) is 7.69. The first-order chi connectivity index (χ1) is 12.2. The highest BCUT2D eigenvalue weighted by molar-refractivity contribution is 8.03. The number of allylic oxidation sites excluding steroid dienone is 1. The molecule has 10 heteroatoms. The summed E-state index contributed by atoms with van der Waals surface area (Å²) in [5.74, 6) is -1.54. The number of anilines is 1. The van der Waals surface area contributed by atoms with Crippen LogP contribution in [-0.4, -0.2) is 24.6 Å². The Labute approximate surface area is 151 Å². The number of carbonyl (C=O) groups is 2. The van der Waals surface area contributed by atoms with E-state index >= 15 is 0 Å². The number of ketones is 1. The van der Waals surface area contributed by atoms with E-state index < -0.39 is 35.5 Å². The number of methoxy groups -OCH3 is 1. The first-order valence-corrected chi connectivity index (χ1v) is 7.90. The number of benzene rings is 1. The average molecular weight is 383 g/mol. The van der Waals surface area contributed by atoms with Gasteiger partial charge in [-0.25, -0.2) is 0 Å². The standard InChI is InChI=1S/C16H12F3N3O3S/c1-25-14(24)6-13(23)9-26-15(10(7-20)8-21)22-12-4-2-3-11(5-12)16(17,18)19/h2-5,22H,6,9H2,1H3. The summed E-state index contributed by atoms with van der Waals surface area (Å²) in [5.41, 5.74) is -1.33. The molecular weight excluding hydrogens is 371 g/mol. The van der Waals surface area contributed by atoms with Crippen molar-refractivity contribution in [3.63, 3.8) is 0 Å². The summed E-state index contributed by atoms with van der Waals surface area (Å²) in [6.07, 6.45) is -5.05. The number of nitriles is 2. The molecule has 0 bridgehead atoms. The zero-order valence-corrected chi connectivity index (χ0v) is 14.2. The van der Waals surface area contributed by atoms with Gasteiger partial charge in [-0.15, -0.1) is 0 Å². The summed E-state index contributed by atoms with van der Waals surface area (Å²) < 4.78 is 42.7. The minimum absolute atomic E-state index is 0.00857. The van der Waals surface area contributed by atoms with Crippen LogP contribution in [0.15, 0.2) is 34.9 Å². The average Bonchev–Trinajstić information content (AvgIpc) is 2.59. The molecule has 0 fully saturated rings. The van der Waals surface area contributed by atoms with Crippen LogP contribution < -0.4 is 5.32 Å². The van der Waals surface area contributed by atoms with Crippen LogP contribution in [0.25, 0.3) is 0 Å². The maximum atomic E-state index is 12.8. The van der Waals surface area contributed by atoms with Crippen molar-refractivity contribution < 1.29 is 27.5 Å². The number of nitrogens with zero attached hydrogens (tertiary/aromatic N) is 2. The molecule has 0 aliphatic rings. The van der Waals surface area contributed by atoms with Crippen molar-refractivity contribution in [2.75, 3.05) is 18.2 Å². The van der Waals surface area contributed by atoms with E-state index in [1.165, 1.54) is 6.07 Å². The molecule has 0 saturated carbocycles. The molecule has 1 rings (SSSR count). The Balaban J connectivity index is 2.99. The van der Waals surface area contributed by atoms with E-state index in [1.54, 1.807) is 12.1 Å². The fourth-order valence-corrected chi connectivity index (χ4v) is 2.47. The van der Waals surface area contributed by atoms with Crippen LogP contribution >= 0.6 is 11.8 Å². The maximum absolute atomic E-state index is 12.8. The zero-order valence-electron chi connectivity index (χ0n) is 13.4. The molecule has 0 radical (unpaired) electrons. The minimum atomic E-state index is -4.56. The number of halogens is 3. The Hall–Kier alpha value is -2.98. The van der Waals surface area contributed by atoms with Gasteiger partial charge >= 0.3 is 12.1 Å². The molecule has 0 amide bonds. The predicted octanol–water partition coefficient (Wildman–Crippen LogP) is 3.24. The molecule has 0 heterocycles. The third-order valence-corrected chi connectivity index (χ3v) is 3.91. The number of thioether (sulfide) groups is 1. The second kappa shape index (κ2) is 9.49. The number of hydrogen-bond donors (Lipinski definition) is 1. The molecule has 1 N–H and O–H groups in total. The van der Waals surface area contributed by atoms with Crippen molar-refractivity contribution in [1.82, 2.24) is 0 Å². The number of alkyl halides is 3. The van der Waals surface area contributed by atoms with Crippen molar-refractivity contribution in [1.29, 1.82) is 10.5 Å². The van der Waals surface area contributed by atoms with Crippen LogP contribution in [0.2, 0.25) is 0 Å². The molecule has 0 atom stereocenters. The summed E-state index contributed by atoms with van der Waals surface area (Å²) in [6.45, 7) is 0. The summed E-state index contributed by atoms with van der Waals surface area (Å²) >= 11 is 0.733. The first-order valence-electron chi connectivity index (χ1n) is 6.91. The normalized spacial score (nSPS) is 10.2.